The molecule has 1 heterocycles. The second-order valence-electron chi connectivity index (χ2n) is 5.73. The number of aliphatic hydroxyl groups excluding tert-OH is 1. The van der Waals surface area contributed by atoms with Crippen molar-refractivity contribution in [3.05, 3.63) is 52.9 Å². The zero-order chi connectivity index (χ0) is 17.3. The van der Waals surface area contributed by atoms with Gasteiger partial charge in [-0.2, -0.15) is 13.2 Å². The number of carbonyl (C=O) groups is 1. The molecule has 0 bridgehead atoms. The van der Waals surface area contributed by atoms with E-state index in [9.17, 15) is 23.1 Å². The van der Waals surface area contributed by atoms with Gasteiger partial charge in [-0.25, -0.2) is 0 Å². The lowest BCUT2D eigenvalue weighted by Gasteiger charge is -2.13. The van der Waals surface area contributed by atoms with Gasteiger partial charge in [-0.1, -0.05) is 17.3 Å². The molecule has 1 aromatic carbocycles. The van der Waals surface area contributed by atoms with Gasteiger partial charge in [-0.05, 0) is 30.5 Å². The zero-order valence-electron chi connectivity index (χ0n) is 12.5. The van der Waals surface area contributed by atoms with Gasteiger partial charge < -0.3 is 14.9 Å². The molecule has 24 heavy (non-hydrogen) atoms. The van der Waals surface area contributed by atoms with Crippen LogP contribution < -0.4 is 5.32 Å². The highest BCUT2D eigenvalue weighted by atomic mass is 19.4. The van der Waals surface area contributed by atoms with Gasteiger partial charge in [0.25, 0.3) is 5.91 Å². The van der Waals surface area contributed by atoms with Gasteiger partial charge in [0.15, 0.2) is 5.69 Å². The Morgan fingerprint density at radius 2 is 2.00 bits per heavy atom. The molecule has 8 heteroatoms. The number of nitrogens with one attached hydrogen (secondary N) is 1. The first-order valence-electron chi connectivity index (χ1n) is 7.44. The van der Waals surface area contributed by atoms with E-state index in [1.807, 2.05) is 0 Å². The normalized spacial score (nSPS) is 16.0. The summed E-state index contributed by atoms with van der Waals surface area (Å²) in [5, 5.41) is 16.1. The largest absolute Gasteiger partial charge is 0.416 e. The quantitative estimate of drug-likeness (QED) is 0.877. The number of aromatic nitrogens is 1. The fourth-order valence-corrected chi connectivity index (χ4v) is 2.25. The Labute approximate surface area is 135 Å². The maximum absolute atomic E-state index is 12.5. The van der Waals surface area contributed by atoms with Crippen LogP contribution in [0.25, 0.3) is 0 Å². The zero-order valence-corrected chi connectivity index (χ0v) is 12.5. The number of hydrogen-bond acceptors (Lipinski definition) is 4. The highest BCUT2D eigenvalue weighted by molar-refractivity contribution is 5.92. The Kier molecular flexibility index (Phi) is 4.31. The lowest BCUT2D eigenvalue weighted by atomic mass is 10.1. The van der Waals surface area contributed by atoms with E-state index in [2.05, 4.69) is 10.5 Å². The Bertz CT molecular complexity index is 721. The van der Waals surface area contributed by atoms with Crippen LogP contribution in [0.1, 0.15) is 52.2 Å². The van der Waals surface area contributed by atoms with E-state index in [4.69, 9.17) is 4.52 Å². The molecular weight excluding hydrogens is 325 g/mol. The van der Waals surface area contributed by atoms with Crippen LogP contribution in [0.2, 0.25) is 0 Å². The highest BCUT2D eigenvalue weighted by Crippen LogP contribution is 2.40. The van der Waals surface area contributed by atoms with E-state index in [0.717, 1.165) is 25.0 Å². The maximum Gasteiger partial charge on any atom is 0.416 e. The van der Waals surface area contributed by atoms with E-state index < -0.39 is 23.8 Å². The van der Waals surface area contributed by atoms with Gasteiger partial charge in [0.2, 0.25) is 0 Å². The van der Waals surface area contributed by atoms with Gasteiger partial charge in [0, 0.05) is 18.5 Å². The Morgan fingerprint density at radius 3 is 2.58 bits per heavy atom. The second-order valence-corrected chi connectivity index (χ2v) is 5.73. The molecule has 0 aliphatic heterocycles. The maximum atomic E-state index is 12.5. The number of amides is 1. The summed E-state index contributed by atoms with van der Waals surface area (Å²) in [5.74, 6) is 0.497. The molecule has 1 aliphatic carbocycles. The molecule has 0 radical (unpaired) electrons. The van der Waals surface area contributed by atoms with Gasteiger partial charge in [0.1, 0.15) is 5.76 Å². The summed E-state index contributed by atoms with van der Waals surface area (Å²) >= 11 is 0. The van der Waals surface area contributed by atoms with Gasteiger partial charge >= 0.3 is 6.18 Å². The molecule has 0 saturated heterocycles. The average Bonchev–Trinajstić information content (AvgIpc) is 3.28. The Morgan fingerprint density at radius 1 is 1.33 bits per heavy atom. The summed E-state index contributed by atoms with van der Waals surface area (Å²) in [4.78, 5) is 11.9. The van der Waals surface area contributed by atoms with Crippen molar-refractivity contribution in [1.29, 1.82) is 0 Å². The monoisotopic (exact) mass is 340 g/mol. The minimum Gasteiger partial charge on any atom is -0.387 e. The fraction of sp³-hybridized carbons (Fsp3) is 0.375. The molecule has 1 fully saturated rings. The summed E-state index contributed by atoms with van der Waals surface area (Å²) in [6.07, 6.45) is -3.51. The smallest absolute Gasteiger partial charge is 0.387 e. The predicted octanol–water partition coefficient (Wildman–Crippen LogP) is 3.03. The molecule has 1 atom stereocenters. The summed E-state index contributed by atoms with van der Waals surface area (Å²) in [5.41, 5.74) is -0.392. The van der Waals surface area contributed by atoms with Crippen LogP contribution in [-0.4, -0.2) is 22.7 Å². The number of hydrogen-bond donors (Lipinski definition) is 2. The molecular formula is C16H15F3N2O3. The average molecular weight is 340 g/mol. The SMILES string of the molecule is O=C(NC[C@@H](O)c1ccc(C(F)(F)F)cc1)c1cc(C2CC2)on1. The lowest BCUT2D eigenvalue weighted by Crippen LogP contribution is -2.28. The standard InChI is InChI=1S/C16H15F3N2O3/c17-16(18,19)11-5-3-9(4-6-11)13(22)8-20-15(23)12-7-14(24-21-12)10-1-2-10/h3-7,10,13,22H,1-2,8H2,(H,20,23)/t13-/m1/s1. The van der Waals surface area contributed by atoms with Crippen LogP contribution in [0.15, 0.2) is 34.9 Å². The number of halogens is 3. The van der Waals surface area contributed by atoms with Crippen LogP contribution in [0.3, 0.4) is 0 Å². The molecule has 1 aromatic heterocycles. The summed E-state index contributed by atoms with van der Waals surface area (Å²) in [7, 11) is 0. The van der Waals surface area contributed by atoms with Crippen LogP contribution >= 0.6 is 0 Å². The molecule has 2 aromatic rings. The molecule has 2 N–H and O–H groups in total. The number of carbonyl (C=O) groups excluding carboxylic acids is 1. The van der Waals surface area contributed by atoms with Gasteiger partial charge in [0.05, 0.1) is 11.7 Å². The van der Waals surface area contributed by atoms with Crippen molar-refractivity contribution in [2.24, 2.45) is 0 Å². The molecule has 1 saturated carbocycles. The molecule has 1 aliphatic rings. The van der Waals surface area contributed by atoms with Crippen molar-refractivity contribution in [2.75, 3.05) is 6.54 Å². The third kappa shape index (κ3) is 3.76. The predicted molar refractivity (Wildman–Crippen MR) is 77.2 cm³/mol. The van der Waals surface area contributed by atoms with Crippen molar-refractivity contribution < 1.29 is 27.6 Å². The van der Waals surface area contributed by atoms with Crippen molar-refractivity contribution in [3.8, 4) is 0 Å². The summed E-state index contributed by atoms with van der Waals surface area (Å²) in [6, 6.07) is 5.71. The number of alkyl halides is 3. The number of benzene rings is 1. The second kappa shape index (κ2) is 6.27. The van der Waals surface area contributed by atoms with Crippen LogP contribution in [0.4, 0.5) is 13.2 Å². The Hall–Kier alpha value is -2.35. The lowest BCUT2D eigenvalue weighted by molar-refractivity contribution is -0.137. The van der Waals surface area contributed by atoms with Crippen molar-refractivity contribution >= 4 is 5.91 Å². The first-order chi connectivity index (χ1) is 11.3. The summed E-state index contributed by atoms with van der Waals surface area (Å²) < 4.78 is 42.5. The van der Waals surface area contributed by atoms with Crippen LogP contribution in [-0.2, 0) is 6.18 Å². The Balaban J connectivity index is 1.56. The molecule has 0 unspecified atom stereocenters. The number of nitrogens with zero attached hydrogens (tertiary/aromatic N) is 1. The molecule has 3 rings (SSSR count). The first-order valence-corrected chi connectivity index (χ1v) is 7.44. The van der Waals surface area contributed by atoms with E-state index in [-0.39, 0.29) is 17.8 Å². The minimum absolute atomic E-state index is 0.122. The fourth-order valence-electron chi connectivity index (χ4n) is 2.25. The number of rotatable bonds is 5. The summed E-state index contributed by atoms with van der Waals surface area (Å²) in [6.45, 7) is -0.143. The molecule has 1 amide bonds. The minimum atomic E-state index is -4.43. The molecule has 5 nitrogen and oxygen atoms in total. The topological polar surface area (TPSA) is 75.4 Å². The van der Waals surface area contributed by atoms with Crippen molar-refractivity contribution in [3.63, 3.8) is 0 Å². The van der Waals surface area contributed by atoms with E-state index in [1.165, 1.54) is 12.1 Å². The van der Waals surface area contributed by atoms with E-state index in [1.54, 1.807) is 6.07 Å². The van der Waals surface area contributed by atoms with E-state index in [0.29, 0.717) is 11.7 Å². The first kappa shape index (κ1) is 16.5. The van der Waals surface area contributed by atoms with E-state index >= 15 is 0 Å². The third-order valence-electron chi connectivity index (χ3n) is 3.82. The van der Waals surface area contributed by atoms with Crippen LogP contribution in [0.5, 0.6) is 0 Å². The third-order valence-corrected chi connectivity index (χ3v) is 3.82. The molecule has 0 spiro atoms. The highest BCUT2D eigenvalue weighted by Gasteiger charge is 2.30. The van der Waals surface area contributed by atoms with Crippen molar-refractivity contribution in [2.45, 2.75) is 31.0 Å². The van der Waals surface area contributed by atoms with Gasteiger partial charge in [-0.15, -0.1) is 0 Å². The number of aliphatic hydroxyl groups is 1. The van der Waals surface area contributed by atoms with Gasteiger partial charge in [-0.3, -0.25) is 4.79 Å². The molecule has 128 valence electrons. The van der Waals surface area contributed by atoms with Crippen molar-refractivity contribution in [1.82, 2.24) is 10.5 Å². The van der Waals surface area contributed by atoms with Crippen LogP contribution in [0, 0.1) is 0 Å².